The van der Waals surface area contributed by atoms with E-state index in [0.29, 0.717) is 5.25 Å². The Morgan fingerprint density at radius 2 is 1.67 bits per heavy atom. The molecule has 2 aromatic carbocycles. The van der Waals surface area contributed by atoms with Gasteiger partial charge in [0, 0.05) is 60.5 Å². The first-order valence-electron chi connectivity index (χ1n) is 11.0. The van der Waals surface area contributed by atoms with E-state index in [1.165, 1.54) is 21.4 Å². The molecule has 2 fully saturated rings. The lowest BCUT2D eigenvalue weighted by Gasteiger charge is -2.33. The quantitative estimate of drug-likeness (QED) is 0.766. The number of fused-ring (bicyclic) bond motifs is 1. The molecule has 4 rings (SSSR count). The standard InChI is InChI=1S/C24H33N3O2S/c1-24(2,3)29-23(28)27-14-10-18(11-15-27)30-22-9-8-21(26-16-12-25-13-17-26)19-6-4-5-7-20(19)22/h4-9,18,25H,10-17H2,1-3H3. The molecule has 5 nitrogen and oxygen atoms in total. The van der Waals surface area contributed by atoms with Crippen LogP contribution in [-0.4, -0.2) is 61.1 Å². The van der Waals surface area contributed by atoms with Crippen LogP contribution >= 0.6 is 11.8 Å². The maximum atomic E-state index is 12.3. The molecule has 0 unspecified atom stereocenters. The van der Waals surface area contributed by atoms with Gasteiger partial charge in [-0.2, -0.15) is 0 Å². The fourth-order valence-corrected chi connectivity index (χ4v) is 5.46. The van der Waals surface area contributed by atoms with Crippen LogP contribution in [0.25, 0.3) is 10.8 Å². The van der Waals surface area contributed by atoms with Gasteiger partial charge < -0.3 is 19.9 Å². The predicted octanol–water partition coefficient (Wildman–Crippen LogP) is 4.74. The largest absolute Gasteiger partial charge is 0.444 e. The molecule has 162 valence electrons. The van der Waals surface area contributed by atoms with Crippen LogP contribution in [0.15, 0.2) is 41.3 Å². The average Bonchev–Trinajstić information content (AvgIpc) is 2.74. The summed E-state index contributed by atoms with van der Waals surface area (Å²) in [5.41, 5.74) is 0.907. The highest BCUT2D eigenvalue weighted by molar-refractivity contribution is 8.00. The monoisotopic (exact) mass is 427 g/mol. The molecule has 0 saturated carbocycles. The van der Waals surface area contributed by atoms with Gasteiger partial charge in [0.25, 0.3) is 0 Å². The van der Waals surface area contributed by atoms with E-state index in [-0.39, 0.29) is 6.09 Å². The topological polar surface area (TPSA) is 44.8 Å². The first-order chi connectivity index (χ1) is 14.4. The molecule has 0 bridgehead atoms. The number of thioether (sulfide) groups is 1. The van der Waals surface area contributed by atoms with Gasteiger partial charge in [0.1, 0.15) is 5.60 Å². The summed E-state index contributed by atoms with van der Waals surface area (Å²) >= 11 is 1.97. The van der Waals surface area contributed by atoms with Gasteiger partial charge in [0.05, 0.1) is 0 Å². The van der Waals surface area contributed by atoms with Crippen LogP contribution in [0, 0.1) is 0 Å². The van der Waals surface area contributed by atoms with E-state index in [2.05, 4.69) is 46.6 Å². The van der Waals surface area contributed by atoms with Crippen molar-refractivity contribution in [2.45, 2.75) is 49.4 Å². The van der Waals surface area contributed by atoms with E-state index in [4.69, 9.17) is 4.74 Å². The van der Waals surface area contributed by atoms with Crippen molar-refractivity contribution in [2.75, 3.05) is 44.2 Å². The smallest absolute Gasteiger partial charge is 0.410 e. The number of rotatable bonds is 3. The molecule has 0 aromatic heterocycles. The van der Waals surface area contributed by atoms with Gasteiger partial charge in [0.15, 0.2) is 0 Å². The SMILES string of the molecule is CC(C)(C)OC(=O)N1CCC(Sc2ccc(N3CCNCC3)c3ccccc23)CC1. The van der Waals surface area contributed by atoms with Crippen LogP contribution in [-0.2, 0) is 4.74 Å². The summed E-state index contributed by atoms with van der Waals surface area (Å²) in [4.78, 5) is 18.0. The number of carbonyl (C=O) groups is 1. The molecule has 0 radical (unpaired) electrons. The highest BCUT2D eigenvalue weighted by Gasteiger charge is 2.27. The van der Waals surface area contributed by atoms with E-state index in [1.807, 2.05) is 37.4 Å². The molecule has 0 aliphatic carbocycles. The van der Waals surface area contributed by atoms with E-state index < -0.39 is 5.60 Å². The number of hydrogen-bond donors (Lipinski definition) is 1. The molecule has 2 aliphatic heterocycles. The van der Waals surface area contributed by atoms with E-state index in [0.717, 1.165) is 52.1 Å². The second-order valence-electron chi connectivity index (χ2n) is 9.15. The number of hydrogen-bond acceptors (Lipinski definition) is 5. The highest BCUT2D eigenvalue weighted by Crippen LogP contribution is 2.38. The second-order valence-corrected chi connectivity index (χ2v) is 10.5. The van der Waals surface area contributed by atoms with E-state index >= 15 is 0 Å². The zero-order chi connectivity index (χ0) is 21.1. The zero-order valence-corrected chi connectivity index (χ0v) is 19.1. The minimum absolute atomic E-state index is 0.184. The molecule has 2 heterocycles. The Kier molecular flexibility index (Phi) is 6.44. The van der Waals surface area contributed by atoms with Crippen LogP contribution in [0.1, 0.15) is 33.6 Å². The maximum Gasteiger partial charge on any atom is 0.410 e. The van der Waals surface area contributed by atoms with E-state index in [9.17, 15) is 4.79 Å². The second kappa shape index (κ2) is 9.06. The molecule has 1 N–H and O–H groups in total. The fourth-order valence-electron chi connectivity index (χ4n) is 4.20. The first-order valence-corrected chi connectivity index (χ1v) is 11.9. The first kappa shape index (κ1) is 21.3. The van der Waals surface area contributed by atoms with Crippen molar-refractivity contribution in [3.63, 3.8) is 0 Å². The molecule has 1 amide bonds. The maximum absolute atomic E-state index is 12.3. The Hall–Kier alpha value is -1.92. The van der Waals surface area contributed by atoms with Crippen LogP contribution in [0.3, 0.4) is 0 Å². The lowest BCUT2D eigenvalue weighted by molar-refractivity contribution is 0.0219. The number of piperazine rings is 1. The Labute approximate surface area is 184 Å². The Morgan fingerprint density at radius 1 is 1.00 bits per heavy atom. The van der Waals surface area contributed by atoms with Gasteiger partial charge in [0.2, 0.25) is 0 Å². The van der Waals surface area contributed by atoms with Gasteiger partial charge >= 0.3 is 6.09 Å². The van der Waals surface area contributed by atoms with Crippen molar-refractivity contribution in [3.8, 4) is 0 Å². The Morgan fingerprint density at radius 3 is 2.33 bits per heavy atom. The van der Waals surface area contributed by atoms with Crippen molar-refractivity contribution < 1.29 is 9.53 Å². The van der Waals surface area contributed by atoms with Crippen molar-refractivity contribution in [3.05, 3.63) is 36.4 Å². The third-order valence-electron chi connectivity index (χ3n) is 5.71. The van der Waals surface area contributed by atoms with Gasteiger partial charge in [-0.05, 0) is 51.1 Å². The normalized spacial score (nSPS) is 18.6. The number of piperidine rings is 1. The molecule has 2 aromatic rings. The van der Waals surface area contributed by atoms with Gasteiger partial charge in [-0.15, -0.1) is 11.8 Å². The predicted molar refractivity (Wildman–Crippen MR) is 126 cm³/mol. The fraction of sp³-hybridized carbons (Fsp3) is 0.542. The molecule has 0 atom stereocenters. The van der Waals surface area contributed by atoms with Gasteiger partial charge in [-0.25, -0.2) is 4.79 Å². The third-order valence-corrected chi connectivity index (χ3v) is 7.12. The summed E-state index contributed by atoms with van der Waals surface area (Å²) < 4.78 is 5.53. The number of anilines is 1. The van der Waals surface area contributed by atoms with Gasteiger partial charge in [-0.1, -0.05) is 24.3 Å². The number of carbonyl (C=O) groups excluding carboxylic acids is 1. The summed E-state index contributed by atoms with van der Waals surface area (Å²) in [6.07, 6.45) is 1.81. The Bertz CT molecular complexity index is 882. The lowest BCUT2D eigenvalue weighted by Crippen LogP contribution is -2.43. The minimum Gasteiger partial charge on any atom is -0.444 e. The summed E-state index contributed by atoms with van der Waals surface area (Å²) in [6.45, 7) is 11.5. The molecule has 6 heteroatoms. The molecule has 2 saturated heterocycles. The molecular formula is C24H33N3O2S. The van der Waals surface area contributed by atoms with Crippen LogP contribution in [0.5, 0.6) is 0 Å². The number of nitrogens with one attached hydrogen (secondary N) is 1. The summed E-state index contributed by atoms with van der Waals surface area (Å²) in [5.74, 6) is 0. The van der Waals surface area contributed by atoms with Crippen molar-refractivity contribution in [1.82, 2.24) is 10.2 Å². The molecule has 30 heavy (non-hydrogen) atoms. The average molecular weight is 428 g/mol. The minimum atomic E-state index is -0.437. The zero-order valence-electron chi connectivity index (χ0n) is 18.3. The number of benzene rings is 2. The van der Waals surface area contributed by atoms with Crippen LogP contribution < -0.4 is 10.2 Å². The number of likely N-dealkylation sites (tertiary alicyclic amines) is 1. The summed E-state index contributed by atoms with van der Waals surface area (Å²) in [5, 5.41) is 6.65. The lowest BCUT2D eigenvalue weighted by atomic mass is 10.1. The van der Waals surface area contributed by atoms with Crippen LogP contribution in [0.2, 0.25) is 0 Å². The van der Waals surface area contributed by atoms with Crippen LogP contribution in [0.4, 0.5) is 10.5 Å². The number of amides is 1. The highest BCUT2D eigenvalue weighted by atomic mass is 32.2. The third kappa shape index (κ3) is 5.03. The van der Waals surface area contributed by atoms with Crippen molar-refractivity contribution >= 4 is 34.3 Å². The van der Waals surface area contributed by atoms with Crippen molar-refractivity contribution in [1.29, 1.82) is 0 Å². The number of ether oxygens (including phenoxy) is 1. The Balaban J connectivity index is 1.44. The molecule has 0 spiro atoms. The van der Waals surface area contributed by atoms with E-state index in [1.54, 1.807) is 0 Å². The number of nitrogens with zero attached hydrogens (tertiary/aromatic N) is 2. The molecular weight excluding hydrogens is 394 g/mol. The summed E-state index contributed by atoms with van der Waals surface area (Å²) in [6, 6.07) is 13.4. The summed E-state index contributed by atoms with van der Waals surface area (Å²) in [7, 11) is 0. The van der Waals surface area contributed by atoms with Gasteiger partial charge in [-0.3, -0.25) is 0 Å². The van der Waals surface area contributed by atoms with Crippen molar-refractivity contribution in [2.24, 2.45) is 0 Å². The molecule has 2 aliphatic rings.